The number of aromatic nitrogens is 4. The van der Waals surface area contributed by atoms with E-state index < -0.39 is 11.8 Å². The summed E-state index contributed by atoms with van der Waals surface area (Å²) in [4.78, 5) is 39.8. The number of carbonyl (C=O) groups excluding carboxylic acids is 2. The zero-order valence-corrected chi connectivity index (χ0v) is 21.9. The molecule has 6 rings (SSSR count). The van der Waals surface area contributed by atoms with Gasteiger partial charge in [0.1, 0.15) is 0 Å². The molecule has 0 radical (unpaired) electrons. The fraction of sp³-hybridized carbons (Fsp3) is 0.444. The SMILES string of the molecule is C[C@H]1CCC(c2ccc3sc(C4CCN(C)CC4)nc3c2)N(C(=O)C(=O)Nc2cncc3[nH]ncc23)C1. The van der Waals surface area contributed by atoms with Crippen molar-refractivity contribution in [1.29, 1.82) is 0 Å². The van der Waals surface area contributed by atoms with Crippen molar-refractivity contribution in [3.8, 4) is 0 Å². The molecular formula is C27H31N7O2S. The van der Waals surface area contributed by atoms with E-state index in [1.54, 1.807) is 28.6 Å². The number of anilines is 1. The van der Waals surface area contributed by atoms with Crippen molar-refractivity contribution in [2.45, 2.75) is 44.6 Å². The molecule has 2 fully saturated rings. The van der Waals surface area contributed by atoms with Crippen molar-refractivity contribution in [3.63, 3.8) is 0 Å². The minimum Gasteiger partial charge on any atom is -0.327 e. The average Bonchev–Trinajstić information content (AvgIpc) is 3.56. The number of benzene rings is 1. The Hall–Kier alpha value is -3.37. The normalized spacial score (nSPS) is 21.5. The summed E-state index contributed by atoms with van der Waals surface area (Å²) in [7, 11) is 2.17. The van der Waals surface area contributed by atoms with Crippen molar-refractivity contribution in [2.24, 2.45) is 5.92 Å². The Morgan fingerprint density at radius 1 is 1.11 bits per heavy atom. The molecule has 2 aliphatic heterocycles. The summed E-state index contributed by atoms with van der Waals surface area (Å²) in [5.74, 6) is -0.342. The minimum atomic E-state index is -0.658. The Bertz CT molecular complexity index is 1460. The Morgan fingerprint density at radius 2 is 1.95 bits per heavy atom. The molecule has 3 aromatic heterocycles. The van der Waals surface area contributed by atoms with Crippen LogP contribution >= 0.6 is 11.3 Å². The van der Waals surface area contributed by atoms with Crippen LogP contribution < -0.4 is 5.32 Å². The van der Waals surface area contributed by atoms with Crippen molar-refractivity contribution >= 4 is 50.0 Å². The number of aromatic amines is 1. The third kappa shape index (κ3) is 4.71. The summed E-state index contributed by atoms with van der Waals surface area (Å²) in [6.45, 7) is 4.88. The molecule has 2 N–H and O–H groups in total. The Balaban J connectivity index is 1.24. The maximum absolute atomic E-state index is 13.5. The number of hydrogen-bond donors (Lipinski definition) is 2. The molecule has 0 aliphatic carbocycles. The number of likely N-dealkylation sites (tertiary alicyclic amines) is 2. The zero-order valence-electron chi connectivity index (χ0n) is 21.1. The van der Waals surface area contributed by atoms with Crippen LogP contribution in [0.3, 0.4) is 0 Å². The first-order valence-electron chi connectivity index (χ1n) is 12.9. The Morgan fingerprint density at radius 3 is 2.78 bits per heavy atom. The summed E-state index contributed by atoms with van der Waals surface area (Å²) in [6.07, 6.45) is 8.89. The molecule has 1 unspecified atom stereocenters. The first kappa shape index (κ1) is 24.0. The monoisotopic (exact) mass is 517 g/mol. The number of amides is 2. The lowest BCUT2D eigenvalue weighted by Gasteiger charge is -2.38. The molecule has 192 valence electrons. The number of rotatable bonds is 3. The summed E-state index contributed by atoms with van der Waals surface area (Å²) < 4.78 is 1.18. The number of nitrogens with one attached hydrogen (secondary N) is 2. The predicted molar refractivity (Wildman–Crippen MR) is 144 cm³/mol. The van der Waals surface area contributed by atoms with Gasteiger partial charge in [0, 0.05) is 17.8 Å². The summed E-state index contributed by atoms with van der Waals surface area (Å²) >= 11 is 1.79. The molecule has 2 atom stereocenters. The number of hydrogen-bond acceptors (Lipinski definition) is 7. The highest BCUT2D eigenvalue weighted by molar-refractivity contribution is 7.18. The van der Waals surface area contributed by atoms with E-state index in [9.17, 15) is 9.59 Å². The predicted octanol–water partition coefficient (Wildman–Crippen LogP) is 4.32. The second-order valence-corrected chi connectivity index (χ2v) is 11.5. The molecule has 4 aromatic rings. The van der Waals surface area contributed by atoms with Gasteiger partial charge in [0.2, 0.25) is 0 Å². The van der Waals surface area contributed by atoms with Crippen molar-refractivity contribution in [3.05, 3.63) is 47.4 Å². The average molecular weight is 518 g/mol. The number of pyridine rings is 1. The van der Waals surface area contributed by atoms with Gasteiger partial charge in [-0.05, 0) is 69.4 Å². The number of fused-ring (bicyclic) bond motifs is 2. The van der Waals surface area contributed by atoms with Crippen LogP contribution in [0.1, 0.15) is 55.1 Å². The third-order valence-electron chi connectivity index (χ3n) is 7.77. The Kier molecular flexibility index (Phi) is 6.37. The van der Waals surface area contributed by atoms with Crippen LogP contribution in [0.2, 0.25) is 0 Å². The maximum Gasteiger partial charge on any atom is 0.313 e. The highest BCUT2D eigenvalue weighted by Gasteiger charge is 2.35. The molecule has 1 aromatic carbocycles. The van der Waals surface area contributed by atoms with Gasteiger partial charge in [-0.3, -0.25) is 19.7 Å². The van der Waals surface area contributed by atoms with Gasteiger partial charge < -0.3 is 15.1 Å². The molecule has 10 heteroatoms. The Labute approximate surface area is 219 Å². The highest BCUT2D eigenvalue weighted by Crippen LogP contribution is 2.38. The molecule has 2 aliphatic rings. The molecule has 0 spiro atoms. The van der Waals surface area contributed by atoms with E-state index in [0.717, 1.165) is 49.9 Å². The van der Waals surface area contributed by atoms with Crippen molar-refractivity contribution < 1.29 is 9.59 Å². The molecule has 9 nitrogen and oxygen atoms in total. The number of H-pyrrole nitrogens is 1. The molecule has 0 bridgehead atoms. The fourth-order valence-electron chi connectivity index (χ4n) is 5.59. The van der Waals surface area contributed by atoms with E-state index in [1.807, 2.05) is 0 Å². The molecule has 5 heterocycles. The minimum absolute atomic E-state index is 0.157. The zero-order chi connectivity index (χ0) is 25.5. The first-order valence-corrected chi connectivity index (χ1v) is 13.8. The van der Waals surface area contributed by atoms with Gasteiger partial charge in [0.15, 0.2) is 0 Å². The van der Waals surface area contributed by atoms with Crippen LogP contribution in [0.4, 0.5) is 5.69 Å². The van der Waals surface area contributed by atoms with Crippen LogP contribution in [-0.4, -0.2) is 68.5 Å². The van der Waals surface area contributed by atoms with Crippen LogP contribution in [0, 0.1) is 5.92 Å². The van der Waals surface area contributed by atoms with Crippen molar-refractivity contribution in [1.82, 2.24) is 30.0 Å². The lowest BCUT2D eigenvalue weighted by Crippen LogP contribution is -2.46. The smallest absolute Gasteiger partial charge is 0.313 e. The fourth-order valence-corrected chi connectivity index (χ4v) is 6.71. The summed E-state index contributed by atoms with van der Waals surface area (Å²) in [6, 6.07) is 6.20. The standard InChI is InChI=1S/C27H31N7O2S/c1-16-3-5-23(18-4-6-24-20(11-18)31-26(37-24)17-7-9-33(2)10-8-17)34(15-16)27(36)25(35)30-21-13-28-14-22-19(21)12-29-32-22/h4,6,11-14,16-17,23H,3,5,7-10,15H2,1-2H3,(H,29,32)(H,30,35)/t16-,23?/m0/s1. The quantitative estimate of drug-likeness (QED) is 0.392. The van der Waals surface area contributed by atoms with Crippen LogP contribution in [0.5, 0.6) is 0 Å². The van der Waals surface area contributed by atoms with Crippen LogP contribution in [-0.2, 0) is 9.59 Å². The van der Waals surface area contributed by atoms with Gasteiger partial charge in [-0.15, -0.1) is 11.3 Å². The van der Waals surface area contributed by atoms with E-state index in [1.165, 1.54) is 15.9 Å². The van der Waals surface area contributed by atoms with Gasteiger partial charge in [-0.1, -0.05) is 13.0 Å². The highest BCUT2D eigenvalue weighted by atomic mass is 32.1. The largest absolute Gasteiger partial charge is 0.327 e. The molecule has 0 saturated carbocycles. The summed E-state index contributed by atoms with van der Waals surface area (Å²) in [5.41, 5.74) is 3.20. The third-order valence-corrected chi connectivity index (χ3v) is 8.97. The van der Waals surface area contributed by atoms with Crippen molar-refractivity contribution in [2.75, 3.05) is 32.0 Å². The molecule has 37 heavy (non-hydrogen) atoms. The van der Waals surface area contributed by atoms with Gasteiger partial charge in [-0.2, -0.15) is 5.10 Å². The van der Waals surface area contributed by atoms with Gasteiger partial charge in [-0.25, -0.2) is 4.98 Å². The van der Waals surface area contributed by atoms with E-state index in [-0.39, 0.29) is 6.04 Å². The number of thiazole rings is 1. The number of carbonyl (C=O) groups is 2. The van der Waals surface area contributed by atoms with E-state index >= 15 is 0 Å². The lowest BCUT2D eigenvalue weighted by molar-refractivity contribution is -0.146. The van der Waals surface area contributed by atoms with Crippen LogP contribution in [0.15, 0.2) is 36.8 Å². The van der Waals surface area contributed by atoms with Gasteiger partial charge >= 0.3 is 11.8 Å². The van der Waals surface area contributed by atoms with Crippen LogP contribution in [0.25, 0.3) is 21.1 Å². The number of nitrogens with zero attached hydrogens (tertiary/aromatic N) is 5. The number of piperidine rings is 2. The second kappa shape index (κ2) is 9.83. The first-order chi connectivity index (χ1) is 18.0. The maximum atomic E-state index is 13.5. The molecule has 2 saturated heterocycles. The lowest BCUT2D eigenvalue weighted by atomic mass is 9.89. The van der Waals surface area contributed by atoms with E-state index in [0.29, 0.717) is 35.0 Å². The second-order valence-electron chi connectivity index (χ2n) is 10.5. The molecule has 2 amide bonds. The van der Waals surface area contributed by atoms with Gasteiger partial charge in [0.05, 0.1) is 51.1 Å². The van der Waals surface area contributed by atoms with E-state index in [4.69, 9.17) is 4.98 Å². The molecular weight excluding hydrogens is 486 g/mol. The van der Waals surface area contributed by atoms with E-state index in [2.05, 4.69) is 57.6 Å². The van der Waals surface area contributed by atoms with Gasteiger partial charge in [0.25, 0.3) is 0 Å². The summed E-state index contributed by atoms with van der Waals surface area (Å²) in [5, 5.41) is 11.5. The topological polar surface area (TPSA) is 107 Å².